The van der Waals surface area contributed by atoms with Gasteiger partial charge < -0.3 is 5.32 Å². The van der Waals surface area contributed by atoms with E-state index in [4.69, 9.17) is 5.26 Å². The molecule has 0 saturated heterocycles. The molecule has 1 atom stereocenters. The first-order chi connectivity index (χ1) is 5.80. The van der Waals surface area contributed by atoms with E-state index in [0.717, 1.165) is 0 Å². The minimum atomic E-state index is -0.790. The maximum Gasteiger partial charge on any atom is 0.238 e. The highest BCUT2D eigenvalue weighted by molar-refractivity contribution is 5.82. The fourth-order valence-corrected chi connectivity index (χ4v) is 0.675. The first-order valence-corrected chi connectivity index (χ1v) is 4.20. The van der Waals surface area contributed by atoms with Crippen molar-refractivity contribution in [2.24, 2.45) is 0 Å². The van der Waals surface area contributed by atoms with Crippen molar-refractivity contribution in [1.29, 1.82) is 5.26 Å². The van der Waals surface area contributed by atoms with E-state index in [0.29, 0.717) is 0 Å². The Kier molecular flexibility index (Phi) is 3.89. The SMILES string of the molecule is C[C@@H](C(=O)NC(C)(C)C#N)N(C)C. The van der Waals surface area contributed by atoms with Gasteiger partial charge in [0, 0.05) is 0 Å². The summed E-state index contributed by atoms with van der Waals surface area (Å²) in [5.74, 6) is -0.128. The Balaban J connectivity index is 4.26. The molecule has 4 nitrogen and oxygen atoms in total. The van der Waals surface area contributed by atoms with Gasteiger partial charge in [-0.1, -0.05) is 0 Å². The maximum atomic E-state index is 11.5. The molecule has 13 heavy (non-hydrogen) atoms. The van der Waals surface area contributed by atoms with Gasteiger partial charge in [0.1, 0.15) is 5.54 Å². The molecule has 0 saturated carbocycles. The molecule has 0 spiro atoms. The van der Waals surface area contributed by atoms with Gasteiger partial charge in [-0.25, -0.2) is 0 Å². The van der Waals surface area contributed by atoms with Crippen LogP contribution in [0.15, 0.2) is 0 Å². The summed E-state index contributed by atoms with van der Waals surface area (Å²) in [5, 5.41) is 11.3. The van der Waals surface area contributed by atoms with Crippen molar-refractivity contribution in [1.82, 2.24) is 10.2 Å². The number of carbonyl (C=O) groups is 1. The van der Waals surface area contributed by atoms with Gasteiger partial charge in [0.05, 0.1) is 12.1 Å². The monoisotopic (exact) mass is 183 g/mol. The molecule has 4 heteroatoms. The van der Waals surface area contributed by atoms with Crippen LogP contribution in [-0.4, -0.2) is 36.5 Å². The third-order valence-corrected chi connectivity index (χ3v) is 1.87. The molecule has 0 unspecified atom stereocenters. The van der Waals surface area contributed by atoms with Crippen LogP contribution in [0.5, 0.6) is 0 Å². The topological polar surface area (TPSA) is 56.1 Å². The lowest BCUT2D eigenvalue weighted by Crippen LogP contribution is -2.49. The van der Waals surface area contributed by atoms with E-state index in [1.165, 1.54) is 0 Å². The molecular weight excluding hydrogens is 166 g/mol. The second-order valence-corrected chi connectivity index (χ2v) is 3.87. The molecule has 0 aromatic rings. The molecule has 0 rings (SSSR count). The summed E-state index contributed by atoms with van der Waals surface area (Å²) in [7, 11) is 3.65. The van der Waals surface area contributed by atoms with Crippen LogP contribution >= 0.6 is 0 Å². The van der Waals surface area contributed by atoms with Gasteiger partial charge in [0.2, 0.25) is 5.91 Å². The van der Waals surface area contributed by atoms with Crippen LogP contribution in [0.1, 0.15) is 20.8 Å². The van der Waals surface area contributed by atoms with Crippen LogP contribution < -0.4 is 5.32 Å². The minimum Gasteiger partial charge on any atom is -0.337 e. The van der Waals surface area contributed by atoms with Gasteiger partial charge in [-0.2, -0.15) is 5.26 Å². The van der Waals surface area contributed by atoms with Gasteiger partial charge in [-0.3, -0.25) is 9.69 Å². The fraction of sp³-hybridized carbons (Fsp3) is 0.778. The third-order valence-electron chi connectivity index (χ3n) is 1.87. The lowest BCUT2D eigenvalue weighted by Gasteiger charge is -2.24. The Morgan fingerprint density at radius 1 is 1.54 bits per heavy atom. The van der Waals surface area contributed by atoms with Gasteiger partial charge in [0.25, 0.3) is 0 Å². The lowest BCUT2D eigenvalue weighted by atomic mass is 10.1. The van der Waals surface area contributed by atoms with E-state index in [1.54, 1.807) is 25.7 Å². The minimum absolute atomic E-state index is 0.128. The first kappa shape index (κ1) is 11.9. The zero-order chi connectivity index (χ0) is 10.6. The molecule has 1 amide bonds. The summed E-state index contributed by atoms with van der Waals surface area (Å²) in [6.45, 7) is 5.14. The molecule has 0 bridgehead atoms. The summed E-state index contributed by atoms with van der Waals surface area (Å²) in [6, 6.07) is 1.80. The number of nitrogens with one attached hydrogen (secondary N) is 1. The summed E-state index contributed by atoms with van der Waals surface area (Å²) >= 11 is 0. The standard InChI is InChI=1S/C9H17N3O/c1-7(12(4)5)8(13)11-9(2,3)6-10/h7H,1-5H3,(H,11,13)/t7-/m0/s1. The molecule has 0 aromatic heterocycles. The predicted octanol–water partition coefficient (Wildman–Crippen LogP) is 0.355. The molecule has 1 N–H and O–H groups in total. The fourth-order valence-electron chi connectivity index (χ4n) is 0.675. The van der Waals surface area contributed by atoms with Crippen molar-refractivity contribution in [3.05, 3.63) is 0 Å². The van der Waals surface area contributed by atoms with Crippen molar-refractivity contribution in [3.63, 3.8) is 0 Å². The Morgan fingerprint density at radius 3 is 2.31 bits per heavy atom. The van der Waals surface area contributed by atoms with E-state index in [9.17, 15) is 4.79 Å². The van der Waals surface area contributed by atoms with Crippen LogP contribution in [0, 0.1) is 11.3 Å². The highest BCUT2D eigenvalue weighted by Crippen LogP contribution is 2.01. The van der Waals surface area contributed by atoms with E-state index in [2.05, 4.69) is 5.32 Å². The van der Waals surface area contributed by atoms with Crippen molar-refractivity contribution < 1.29 is 4.79 Å². The zero-order valence-electron chi connectivity index (χ0n) is 8.88. The molecule has 0 aliphatic carbocycles. The summed E-state index contributed by atoms with van der Waals surface area (Å²) in [4.78, 5) is 13.2. The van der Waals surface area contributed by atoms with Crippen LogP contribution in [0.25, 0.3) is 0 Å². The number of nitriles is 1. The molecule has 0 fully saturated rings. The molecule has 0 heterocycles. The number of likely N-dealkylation sites (N-methyl/N-ethyl adjacent to an activating group) is 1. The predicted molar refractivity (Wildman–Crippen MR) is 51.0 cm³/mol. The van der Waals surface area contributed by atoms with E-state index < -0.39 is 5.54 Å². The Hall–Kier alpha value is -1.08. The Labute approximate surface area is 79.5 Å². The summed E-state index contributed by atoms with van der Waals surface area (Å²) in [5.41, 5.74) is -0.790. The summed E-state index contributed by atoms with van der Waals surface area (Å²) in [6.07, 6.45) is 0. The zero-order valence-corrected chi connectivity index (χ0v) is 8.88. The average Bonchev–Trinajstić information content (AvgIpc) is 2.02. The number of hydrogen-bond donors (Lipinski definition) is 1. The van der Waals surface area contributed by atoms with Gasteiger partial charge in [-0.05, 0) is 34.9 Å². The number of nitrogens with zero attached hydrogens (tertiary/aromatic N) is 2. The van der Waals surface area contributed by atoms with Crippen molar-refractivity contribution in [2.75, 3.05) is 14.1 Å². The van der Waals surface area contributed by atoms with Gasteiger partial charge >= 0.3 is 0 Å². The first-order valence-electron chi connectivity index (χ1n) is 4.20. The van der Waals surface area contributed by atoms with E-state index in [1.807, 2.05) is 20.2 Å². The quantitative estimate of drug-likeness (QED) is 0.687. The molecule has 0 radical (unpaired) electrons. The average molecular weight is 183 g/mol. The second-order valence-electron chi connectivity index (χ2n) is 3.87. The third kappa shape index (κ3) is 3.90. The van der Waals surface area contributed by atoms with E-state index >= 15 is 0 Å². The Bertz CT molecular complexity index is 228. The number of carbonyl (C=O) groups excluding carboxylic acids is 1. The molecule has 0 aromatic carbocycles. The Morgan fingerprint density at radius 2 is 2.00 bits per heavy atom. The lowest BCUT2D eigenvalue weighted by molar-refractivity contribution is -0.126. The highest BCUT2D eigenvalue weighted by atomic mass is 16.2. The van der Waals surface area contributed by atoms with Crippen molar-refractivity contribution >= 4 is 5.91 Å². The smallest absolute Gasteiger partial charge is 0.238 e. The molecular formula is C9H17N3O. The van der Waals surface area contributed by atoms with Crippen LogP contribution in [0.2, 0.25) is 0 Å². The maximum absolute atomic E-state index is 11.5. The van der Waals surface area contributed by atoms with E-state index in [-0.39, 0.29) is 11.9 Å². The number of hydrogen-bond acceptors (Lipinski definition) is 3. The number of amides is 1. The molecule has 0 aliphatic rings. The second kappa shape index (κ2) is 4.24. The van der Waals surface area contributed by atoms with Crippen molar-refractivity contribution in [2.45, 2.75) is 32.4 Å². The van der Waals surface area contributed by atoms with Crippen molar-refractivity contribution in [3.8, 4) is 6.07 Å². The molecule has 74 valence electrons. The number of rotatable bonds is 3. The highest BCUT2D eigenvalue weighted by Gasteiger charge is 2.23. The summed E-state index contributed by atoms with van der Waals surface area (Å²) < 4.78 is 0. The normalized spacial score (nSPS) is 13.6. The van der Waals surface area contributed by atoms with Crippen LogP contribution in [0.3, 0.4) is 0 Å². The van der Waals surface area contributed by atoms with Crippen LogP contribution in [0.4, 0.5) is 0 Å². The van der Waals surface area contributed by atoms with Gasteiger partial charge in [0.15, 0.2) is 0 Å². The molecule has 0 aliphatic heterocycles. The largest absolute Gasteiger partial charge is 0.337 e. The van der Waals surface area contributed by atoms with Gasteiger partial charge in [-0.15, -0.1) is 0 Å². The van der Waals surface area contributed by atoms with Crippen LogP contribution in [-0.2, 0) is 4.79 Å².